The van der Waals surface area contributed by atoms with Gasteiger partial charge in [-0.25, -0.2) is 0 Å². The second-order valence-corrected chi connectivity index (χ2v) is 5.53. The van der Waals surface area contributed by atoms with Gasteiger partial charge in [0, 0.05) is 44.8 Å². The number of rotatable bonds is 8. The molecule has 122 valence electrons. The van der Waals surface area contributed by atoms with Crippen molar-refractivity contribution in [1.82, 2.24) is 10.2 Å². The first kappa shape index (κ1) is 16.8. The zero-order valence-corrected chi connectivity index (χ0v) is 13.4. The van der Waals surface area contributed by atoms with E-state index in [-0.39, 0.29) is 5.91 Å². The average molecular weight is 305 g/mol. The van der Waals surface area contributed by atoms with Crippen LogP contribution in [-0.2, 0) is 16.0 Å². The lowest BCUT2D eigenvalue weighted by atomic mass is 10.1. The summed E-state index contributed by atoms with van der Waals surface area (Å²) in [5.41, 5.74) is 2.39. The van der Waals surface area contributed by atoms with Crippen LogP contribution >= 0.6 is 0 Å². The van der Waals surface area contributed by atoms with E-state index in [0.29, 0.717) is 19.5 Å². The molecular formula is C17H27N3O2. The van der Waals surface area contributed by atoms with Crippen molar-refractivity contribution in [2.75, 3.05) is 51.3 Å². The lowest BCUT2D eigenvalue weighted by Crippen LogP contribution is -2.41. The topological polar surface area (TPSA) is 53.6 Å². The Labute approximate surface area is 133 Å². The van der Waals surface area contributed by atoms with Crippen LogP contribution in [0.2, 0.25) is 0 Å². The zero-order valence-electron chi connectivity index (χ0n) is 13.4. The summed E-state index contributed by atoms with van der Waals surface area (Å²) >= 11 is 0. The third kappa shape index (κ3) is 6.03. The van der Waals surface area contributed by atoms with Gasteiger partial charge < -0.3 is 15.4 Å². The van der Waals surface area contributed by atoms with E-state index in [1.54, 1.807) is 0 Å². The van der Waals surface area contributed by atoms with Crippen molar-refractivity contribution in [1.29, 1.82) is 0 Å². The lowest BCUT2D eigenvalue weighted by Gasteiger charge is -2.26. The quantitative estimate of drug-likeness (QED) is 0.764. The van der Waals surface area contributed by atoms with Crippen LogP contribution in [0.25, 0.3) is 0 Å². The molecule has 1 heterocycles. The standard InChI is InChI=1S/C17H27N3O2/c1-2-15-3-5-16(6-4-15)18-8-7-17(21)19-9-10-20-11-13-22-14-12-20/h3-6,18H,2,7-14H2,1H3,(H,19,21). The second-order valence-electron chi connectivity index (χ2n) is 5.53. The monoisotopic (exact) mass is 305 g/mol. The van der Waals surface area contributed by atoms with E-state index in [2.05, 4.69) is 46.7 Å². The van der Waals surface area contributed by atoms with Crippen LogP contribution in [0.15, 0.2) is 24.3 Å². The number of carbonyl (C=O) groups is 1. The molecule has 0 atom stereocenters. The van der Waals surface area contributed by atoms with E-state index in [9.17, 15) is 4.79 Å². The van der Waals surface area contributed by atoms with E-state index >= 15 is 0 Å². The van der Waals surface area contributed by atoms with Crippen LogP contribution in [0, 0.1) is 0 Å². The summed E-state index contributed by atoms with van der Waals surface area (Å²) in [4.78, 5) is 14.1. The van der Waals surface area contributed by atoms with Crippen molar-refractivity contribution < 1.29 is 9.53 Å². The maximum atomic E-state index is 11.8. The van der Waals surface area contributed by atoms with E-state index in [1.165, 1.54) is 5.56 Å². The van der Waals surface area contributed by atoms with Gasteiger partial charge in [-0.05, 0) is 24.1 Å². The van der Waals surface area contributed by atoms with Crippen molar-refractivity contribution >= 4 is 11.6 Å². The van der Waals surface area contributed by atoms with Gasteiger partial charge in [-0.1, -0.05) is 19.1 Å². The predicted molar refractivity (Wildman–Crippen MR) is 89.2 cm³/mol. The molecule has 0 aliphatic carbocycles. The molecule has 1 aliphatic rings. The highest BCUT2D eigenvalue weighted by molar-refractivity contribution is 5.76. The lowest BCUT2D eigenvalue weighted by molar-refractivity contribution is -0.120. The summed E-state index contributed by atoms with van der Waals surface area (Å²) in [5.74, 6) is 0.103. The van der Waals surface area contributed by atoms with Crippen LogP contribution in [0.4, 0.5) is 5.69 Å². The summed E-state index contributed by atoms with van der Waals surface area (Å²) in [7, 11) is 0. The van der Waals surface area contributed by atoms with Crippen molar-refractivity contribution in [2.45, 2.75) is 19.8 Å². The Kier molecular flexibility index (Phi) is 7.19. The Morgan fingerprint density at radius 3 is 2.59 bits per heavy atom. The number of hydrogen-bond donors (Lipinski definition) is 2. The molecule has 0 radical (unpaired) electrons. The predicted octanol–water partition coefficient (Wildman–Crippen LogP) is 1.50. The highest BCUT2D eigenvalue weighted by atomic mass is 16.5. The van der Waals surface area contributed by atoms with Gasteiger partial charge in [-0.15, -0.1) is 0 Å². The molecule has 0 spiro atoms. The molecule has 0 unspecified atom stereocenters. The fraction of sp³-hybridized carbons (Fsp3) is 0.588. The highest BCUT2D eigenvalue weighted by Crippen LogP contribution is 2.09. The van der Waals surface area contributed by atoms with Gasteiger partial charge in [0.15, 0.2) is 0 Å². The number of benzene rings is 1. The van der Waals surface area contributed by atoms with Crippen LogP contribution in [-0.4, -0.2) is 56.7 Å². The molecule has 1 aromatic rings. The molecular weight excluding hydrogens is 278 g/mol. The van der Waals surface area contributed by atoms with Crippen LogP contribution < -0.4 is 10.6 Å². The van der Waals surface area contributed by atoms with Crippen molar-refractivity contribution in [3.05, 3.63) is 29.8 Å². The number of aryl methyl sites for hydroxylation is 1. The molecule has 5 nitrogen and oxygen atoms in total. The molecule has 5 heteroatoms. The van der Waals surface area contributed by atoms with Gasteiger partial charge >= 0.3 is 0 Å². The molecule has 1 saturated heterocycles. The molecule has 0 bridgehead atoms. The molecule has 1 aliphatic heterocycles. The number of morpholine rings is 1. The van der Waals surface area contributed by atoms with Crippen molar-refractivity contribution in [2.24, 2.45) is 0 Å². The van der Waals surface area contributed by atoms with Gasteiger partial charge in [0.2, 0.25) is 5.91 Å². The molecule has 2 rings (SSSR count). The Bertz CT molecular complexity index is 442. The molecule has 22 heavy (non-hydrogen) atoms. The third-order valence-electron chi connectivity index (χ3n) is 3.90. The number of nitrogens with one attached hydrogen (secondary N) is 2. The third-order valence-corrected chi connectivity index (χ3v) is 3.90. The Morgan fingerprint density at radius 2 is 1.91 bits per heavy atom. The molecule has 2 N–H and O–H groups in total. The first-order valence-corrected chi connectivity index (χ1v) is 8.17. The summed E-state index contributed by atoms with van der Waals surface area (Å²) < 4.78 is 5.30. The number of carbonyl (C=O) groups excluding carboxylic acids is 1. The van der Waals surface area contributed by atoms with E-state index in [4.69, 9.17) is 4.74 Å². The second kappa shape index (κ2) is 9.43. The molecule has 1 fully saturated rings. The Hall–Kier alpha value is -1.59. The van der Waals surface area contributed by atoms with E-state index in [1.807, 2.05) is 0 Å². The number of nitrogens with zero attached hydrogens (tertiary/aromatic N) is 1. The maximum Gasteiger partial charge on any atom is 0.221 e. The minimum Gasteiger partial charge on any atom is -0.385 e. The molecule has 0 saturated carbocycles. The molecule has 0 aromatic heterocycles. The van der Waals surface area contributed by atoms with Crippen molar-refractivity contribution in [3.8, 4) is 0 Å². The van der Waals surface area contributed by atoms with E-state index in [0.717, 1.165) is 45.0 Å². The maximum absolute atomic E-state index is 11.8. The first-order chi connectivity index (χ1) is 10.8. The average Bonchev–Trinajstić information content (AvgIpc) is 2.56. The van der Waals surface area contributed by atoms with Crippen molar-refractivity contribution in [3.63, 3.8) is 0 Å². The zero-order chi connectivity index (χ0) is 15.6. The fourth-order valence-electron chi connectivity index (χ4n) is 2.45. The normalized spacial score (nSPS) is 15.5. The summed E-state index contributed by atoms with van der Waals surface area (Å²) in [6.45, 7) is 7.95. The largest absolute Gasteiger partial charge is 0.385 e. The minimum absolute atomic E-state index is 0.103. The molecule has 1 aromatic carbocycles. The summed E-state index contributed by atoms with van der Waals surface area (Å²) in [5, 5.41) is 6.25. The van der Waals surface area contributed by atoms with Crippen LogP contribution in [0.1, 0.15) is 18.9 Å². The smallest absolute Gasteiger partial charge is 0.221 e. The van der Waals surface area contributed by atoms with Crippen LogP contribution in [0.3, 0.4) is 0 Å². The Morgan fingerprint density at radius 1 is 1.18 bits per heavy atom. The van der Waals surface area contributed by atoms with Gasteiger partial charge in [0.25, 0.3) is 0 Å². The van der Waals surface area contributed by atoms with Gasteiger partial charge in [0.1, 0.15) is 0 Å². The van der Waals surface area contributed by atoms with E-state index < -0.39 is 0 Å². The van der Waals surface area contributed by atoms with Gasteiger partial charge in [0.05, 0.1) is 13.2 Å². The highest BCUT2D eigenvalue weighted by Gasteiger charge is 2.09. The van der Waals surface area contributed by atoms with Crippen LogP contribution in [0.5, 0.6) is 0 Å². The summed E-state index contributed by atoms with van der Waals surface area (Å²) in [6, 6.07) is 8.36. The number of anilines is 1. The SMILES string of the molecule is CCc1ccc(NCCC(=O)NCCN2CCOCC2)cc1. The Balaban J connectivity index is 1.55. The number of hydrogen-bond acceptors (Lipinski definition) is 4. The fourth-order valence-corrected chi connectivity index (χ4v) is 2.45. The number of ether oxygens (including phenoxy) is 1. The molecule has 1 amide bonds. The number of amides is 1. The summed E-state index contributed by atoms with van der Waals surface area (Å²) in [6.07, 6.45) is 1.55. The first-order valence-electron chi connectivity index (χ1n) is 8.17. The van der Waals surface area contributed by atoms with Gasteiger partial charge in [-0.3, -0.25) is 9.69 Å². The van der Waals surface area contributed by atoms with Gasteiger partial charge in [-0.2, -0.15) is 0 Å². The minimum atomic E-state index is 0.103.